The SMILES string of the molecule is O=S(=O)([O-])C(Br)(Br)Br.O=S(=O)([O-])C(Br)(Br)Br.[Fe+2]. The zero-order valence-corrected chi connectivity index (χ0v) is 19.1. The Morgan fingerprint density at radius 3 is 0.706 bits per heavy atom. The predicted octanol–water partition coefficient (Wildman–Crippen LogP) is 2.65. The molecule has 0 atom stereocenters. The van der Waals surface area contributed by atoms with Gasteiger partial charge < -0.3 is 9.11 Å². The van der Waals surface area contributed by atoms with Crippen molar-refractivity contribution in [2.24, 2.45) is 0 Å². The zero-order valence-electron chi connectivity index (χ0n) is 6.89. The number of rotatable bonds is 0. The molecule has 17 heavy (non-hydrogen) atoms. The van der Waals surface area contributed by atoms with Crippen molar-refractivity contribution >= 4 is 116 Å². The Morgan fingerprint density at radius 1 is 0.647 bits per heavy atom. The smallest absolute Gasteiger partial charge is 0.746 e. The molecule has 0 aromatic carbocycles. The van der Waals surface area contributed by atoms with Crippen LogP contribution in [0.15, 0.2) is 0 Å². The maximum atomic E-state index is 9.96. The summed E-state index contributed by atoms with van der Waals surface area (Å²) in [5, 5.41) is 0. The summed E-state index contributed by atoms with van der Waals surface area (Å²) < 4.78 is 56.3. The fourth-order valence-electron chi connectivity index (χ4n) is 0. The maximum Gasteiger partial charge on any atom is 2.00 e. The zero-order chi connectivity index (χ0) is 14.0. The van der Waals surface area contributed by atoms with E-state index in [1.807, 2.05) is 0 Å². The summed E-state index contributed by atoms with van der Waals surface area (Å²) in [4.78, 5) is 0. The molecule has 0 aliphatic rings. The monoisotopic (exact) mass is 713 g/mol. The standard InChI is InChI=1S/2CHBr3O3S.Fe/c2*2-1(3,4)8(5,6)7;/h2*(H,5,6,7);/q;;+2/p-2. The maximum absolute atomic E-state index is 9.96. The van der Waals surface area contributed by atoms with Crippen molar-refractivity contribution in [3.8, 4) is 0 Å². The Bertz CT molecular complexity index is 374. The molecule has 0 unspecified atom stereocenters. The third-order valence-electron chi connectivity index (χ3n) is 0.567. The van der Waals surface area contributed by atoms with E-state index in [4.69, 9.17) is 0 Å². The Labute approximate surface area is 159 Å². The summed E-state index contributed by atoms with van der Waals surface area (Å²) in [6, 6.07) is 0. The van der Waals surface area contributed by atoms with E-state index in [1.165, 1.54) is 0 Å². The molecule has 0 fully saturated rings. The van der Waals surface area contributed by atoms with Gasteiger partial charge in [0.1, 0.15) is 20.2 Å². The van der Waals surface area contributed by atoms with Crippen LogP contribution in [0.1, 0.15) is 0 Å². The number of hydrogen-bond donors (Lipinski definition) is 0. The Morgan fingerprint density at radius 2 is 0.706 bits per heavy atom. The van der Waals surface area contributed by atoms with Crippen molar-refractivity contribution in [2.45, 2.75) is 2.95 Å². The molecule has 0 spiro atoms. The van der Waals surface area contributed by atoms with Gasteiger partial charge in [-0.05, 0) is 95.6 Å². The van der Waals surface area contributed by atoms with E-state index in [0.29, 0.717) is 0 Å². The molecule has 0 aromatic rings. The molecule has 0 rings (SSSR count). The molecule has 0 amide bonds. The third-order valence-corrected chi connectivity index (χ3v) is 8.84. The summed E-state index contributed by atoms with van der Waals surface area (Å²) in [6.45, 7) is 0. The first-order valence-electron chi connectivity index (χ1n) is 2.54. The van der Waals surface area contributed by atoms with E-state index < -0.39 is 23.2 Å². The fraction of sp³-hybridized carbons (Fsp3) is 1.00. The second-order valence-electron chi connectivity index (χ2n) is 1.80. The predicted molar refractivity (Wildman–Crippen MR) is 78.4 cm³/mol. The number of hydrogen-bond acceptors (Lipinski definition) is 6. The van der Waals surface area contributed by atoms with Crippen LogP contribution in [0.25, 0.3) is 0 Å². The van der Waals surface area contributed by atoms with Crippen LogP contribution in [-0.4, -0.2) is 28.9 Å². The normalized spacial score (nSPS) is 13.2. The van der Waals surface area contributed by atoms with Crippen molar-refractivity contribution in [2.75, 3.05) is 0 Å². The molecular weight excluding hydrogens is 719 g/mol. The van der Waals surface area contributed by atoms with E-state index in [2.05, 4.69) is 95.6 Å². The first-order chi connectivity index (χ1) is 6.50. The van der Waals surface area contributed by atoms with Gasteiger partial charge in [-0.25, -0.2) is 16.8 Å². The van der Waals surface area contributed by atoms with Crippen LogP contribution in [0, 0.1) is 0 Å². The summed E-state index contributed by atoms with van der Waals surface area (Å²) in [6.07, 6.45) is 0. The molecule has 0 heterocycles. The van der Waals surface area contributed by atoms with Crippen LogP contribution in [0.2, 0.25) is 0 Å². The van der Waals surface area contributed by atoms with Gasteiger partial charge in [0, 0.05) is 0 Å². The average molecular weight is 719 g/mol. The molecule has 0 bridgehead atoms. The van der Waals surface area contributed by atoms with Gasteiger partial charge in [-0.1, -0.05) is 0 Å². The van der Waals surface area contributed by atoms with Crippen LogP contribution in [0.4, 0.5) is 0 Å². The van der Waals surface area contributed by atoms with E-state index in [0.717, 1.165) is 0 Å². The average Bonchev–Trinajstić information content (AvgIpc) is 1.77. The van der Waals surface area contributed by atoms with Gasteiger partial charge >= 0.3 is 17.1 Å². The Hall–Kier alpha value is 3.22. The Kier molecular flexibility index (Phi) is 12.8. The molecule has 0 radical (unpaired) electrons. The van der Waals surface area contributed by atoms with Crippen LogP contribution in [0.5, 0.6) is 0 Å². The van der Waals surface area contributed by atoms with Crippen molar-refractivity contribution in [1.82, 2.24) is 0 Å². The summed E-state index contributed by atoms with van der Waals surface area (Å²) in [5.41, 5.74) is 0. The van der Waals surface area contributed by atoms with Gasteiger partial charge in [0.05, 0.1) is 0 Å². The summed E-state index contributed by atoms with van der Waals surface area (Å²) in [5.74, 6) is 0. The van der Waals surface area contributed by atoms with Gasteiger partial charge in [-0.15, -0.1) is 0 Å². The van der Waals surface area contributed by atoms with E-state index in [-0.39, 0.29) is 17.1 Å². The molecule has 6 nitrogen and oxygen atoms in total. The number of alkyl halides is 6. The number of halogens is 6. The fourth-order valence-corrected chi connectivity index (χ4v) is 0. The van der Waals surface area contributed by atoms with E-state index in [1.54, 1.807) is 0 Å². The van der Waals surface area contributed by atoms with Gasteiger partial charge in [-0.3, -0.25) is 0 Å². The molecule has 0 aromatic heterocycles. The first-order valence-corrected chi connectivity index (χ1v) is 10.1. The van der Waals surface area contributed by atoms with Gasteiger partial charge in [0.2, 0.25) is 2.95 Å². The summed E-state index contributed by atoms with van der Waals surface area (Å²) in [7, 11) is -8.68. The van der Waals surface area contributed by atoms with Crippen LogP contribution in [0.3, 0.4) is 0 Å². The molecule has 106 valence electrons. The molecule has 0 N–H and O–H groups in total. The molecule has 0 saturated carbocycles. The van der Waals surface area contributed by atoms with Crippen molar-refractivity contribution < 1.29 is 43.0 Å². The quantitative estimate of drug-likeness (QED) is 0.216. The first kappa shape index (κ1) is 25.2. The van der Waals surface area contributed by atoms with Crippen molar-refractivity contribution in [1.29, 1.82) is 0 Å². The van der Waals surface area contributed by atoms with Crippen LogP contribution >= 0.6 is 95.6 Å². The van der Waals surface area contributed by atoms with Gasteiger partial charge in [-0.2, -0.15) is 0 Å². The molecular formula is C2Br6FeO6S2. The van der Waals surface area contributed by atoms with Crippen molar-refractivity contribution in [3.05, 3.63) is 0 Å². The second-order valence-corrected chi connectivity index (χ2v) is 21.5. The topological polar surface area (TPSA) is 114 Å². The minimum absolute atomic E-state index is 0. The van der Waals surface area contributed by atoms with Crippen LogP contribution in [-0.2, 0) is 37.3 Å². The minimum Gasteiger partial charge on any atom is -0.746 e. The van der Waals surface area contributed by atoms with Crippen molar-refractivity contribution in [3.63, 3.8) is 0 Å². The van der Waals surface area contributed by atoms with Gasteiger partial charge in [0.15, 0.2) is 0 Å². The second kappa shape index (κ2) is 8.61. The molecule has 0 saturated heterocycles. The molecule has 15 heteroatoms. The molecule has 0 aliphatic carbocycles. The van der Waals surface area contributed by atoms with E-state index >= 15 is 0 Å². The van der Waals surface area contributed by atoms with Crippen LogP contribution < -0.4 is 0 Å². The molecule has 0 aliphatic heterocycles. The largest absolute Gasteiger partial charge is 2.00 e. The van der Waals surface area contributed by atoms with E-state index in [9.17, 15) is 25.9 Å². The van der Waals surface area contributed by atoms with Gasteiger partial charge in [0.25, 0.3) is 0 Å². The minimum atomic E-state index is -4.34. The Balaban J connectivity index is -0.000000218. The summed E-state index contributed by atoms with van der Waals surface area (Å²) >= 11 is 15.2. The third kappa shape index (κ3) is 12.7.